The number of amides is 1. The van der Waals surface area contributed by atoms with Gasteiger partial charge in [-0.1, -0.05) is 164 Å². The molecule has 1 amide bonds. The molecular weight excluding hydrogens is 1270 g/mol. The van der Waals surface area contributed by atoms with Crippen LogP contribution in [0.1, 0.15) is 200 Å². The first-order valence-corrected chi connectivity index (χ1v) is 37.6. The maximum absolute atomic E-state index is 12.8. The predicted octanol–water partition coefficient (Wildman–Crippen LogP) is 20.5. The average molecular weight is 1370 g/mol. The van der Waals surface area contributed by atoms with Crippen molar-refractivity contribution in [2.45, 2.75) is 195 Å². The highest BCUT2D eigenvalue weighted by Gasteiger charge is 2.48. The lowest BCUT2D eigenvalue weighted by molar-refractivity contribution is -0.137. The van der Waals surface area contributed by atoms with E-state index in [0.717, 1.165) is 126 Å². The first kappa shape index (κ1) is 67.9. The van der Waals surface area contributed by atoms with Gasteiger partial charge < -0.3 is 31.1 Å². The zero-order chi connectivity index (χ0) is 68.6. The Morgan fingerprint density at radius 1 is 0.500 bits per heavy atom. The van der Waals surface area contributed by atoms with Gasteiger partial charge in [0.05, 0.1) is 5.56 Å². The number of halogens is 4. The molecule has 0 radical (unpaired) electrons. The molecule has 6 aliphatic heterocycles. The van der Waals surface area contributed by atoms with Crippen LogP contribution in [0.4, 0.5) is 13.2 Å². The van der Waals surface area contributed by atoms with E-state index in [1.807, 2.05) is 18.2 Å². The van der Waals surface area contributed by atoms with E-state index in [1.54, 1.807) is 35.5 Å². The van der Waals surface area contributed by atoms with E-state index in [4.69, 9.17) is 16.3 Å². The van der Waals surface area contributed by atoms with Gasteiger partial charge in [0, 0.05) is 59.1 Å². The third kappa shape index (κ3) is 14.5. The second-order valence-electron chi connectivity index (χ2n) is 30.3. The molecule has 9 nitrogen and oxygen atoms in total. The number of aromatic carboxylic acids is 1. The van der Waals surface area contributed by atoms with E-state index in [-0.39, 0.29) is 23.6 Å². The highest BCUT2D eigenvalue weighted by atomic mass is 35.5. The SMILES string of the molecule is Cc1ccc(C2C3CCC2C3)c2ccccc12.Cc1ccc(C2CC3CC(C2)N3)c2ccccc12.Clc1ccc(C2CC3CC(C2)N3)c2ccccc12.FC(F)(F)c1ccc2c(C3CCCCC3)cccc2c1.O=C1CC(c2ccc(OC3CCNCC3)c3cnc(C(=O)O)cc23)CCN1. The van der Waals surface area contributed by atoms with Crippen LogP contribution in [0.3, 0.4) is 0 Å². The summed E-state index contributed by atoms with van der Waals surface area (Å²) in [5.41, 5.74) is 9.15. The third-order valence-electron chi connectivity index (χ3n) is 24.0. The number of nitrogens with zero attached hydrogens (tertiary/aromatic N) is 1. The number of hydrogen-bond donors (Lipinski definition) is 5. The fraction of sp³-hybridized carbons (Fsp3) is 0.414. The molecule has 7 atom stereocenters. The summed E-state index contributed by atoms with van der Waals surface area (Å²) in [7, 11) is 0. The fourth-order valence-corrected chi connectivity index (χ4v) is 19.1. The molecule has 518 valence electrons. The molecule has 0 spiro atoms. The maximum atomic E-state index is 12.8. The molecule has 22 rings (SSSR count). The predicted molar refractivity (Wildman–Crippen MR) is 399 cm³/mol. The Bertz CT molecular complexity index is 4490. The van der Waals surface area contributed by atoms with Crippen molar-refractivity contribution in [3.8, 4) is 5.75 Å². The molecule has 10 aromatic rings. The number of nitrogens with one attached hydrogen (secondary N) is 4. The number of carboxylic acids is 1. The molecule has 12 aliphatic rings. The van der Waals surface area contributed by atoms with Gasteiger partial charge in [-0.2, -0.15) is 13.2 Å². The Morgan fingerprint density at radius 3 is 1.63 bits per heavy atom. The molecule has 12 fully saturated rings. The number of carboxylic acid groups (broad SMARTS) is 1. The van der Waals surface area contributed by atoms with Gasteiger partial charge in [0.1, 0.15) is 17.5 Å². The van der Waals surface area contributed by atoms with Gasteiger partial charge in [-0.25, -0.2) is 9.78 Å². The van der Waals surface area contributed by atoms with Crippen molar-refractivity contribution >= 4 is 77.3 Å². The number of benzene rings is 9. The number of hydrogen-bond acceptors (Lipinski definition) is 7. The molecule has 6 bridgehead atoms. The van der Waals surface area contributed by atoms with Crippen molar-refractivity contribution < 1.29 is 32.6 Å². The van der Waals surface area contributed by atoms with Gasteiger partial charge in [-0.15, -0.1) is 0 Å². The van der Waals surface area contributed by atoms with E-state index in [9.17, 15) is 27.9 Å². The van der Waals surface area contributed by atoms with Gasteiger partial charge >= 0.3 is 12.1 Å². The summed E-state index contributed by atoms with van der Waals surface area (Å²) < 4.78 is 44.5. The summed E-state index contributed by atoms with van der Waals surface area (Å²) in [6, 6.07) is 58.5. The van der Waals surface area contributed by atoms with E-state index in [2.05, 4.69) is 155 Å². The van der Waals surface area contributed by atoms with Crippen LogP contribution in [-0.2, 0) is 11.0 Å². The molecular formula is C87H93ClF3N5O4. The standard InChI is InChI=1S/C20H23N3O4.C17H17F3.C17H19N.C17H18.C16H16ClN/c24-19-9-12(3-8-22-19)14-1-2-18(27-13-4-6-21-7-5-13)16-11-23-17(20(25)26)10-15(14)16;18-17(19,20)14-9-10-16-13(11-14)7-4-8-15(16)12-5-2-1-3-6-12;1-11-6-7-16(17-5-3-2-4-15(11)17)12-8-13-10-14(9-12)18-13;1-11-6-9-16(15-5-3-2-4-14(11)15)17-12-7-8-13(17)10-12;17-16-6-5-13(14-3-1-2-4-15(14)16)10-7-11-9-12(8-10)18-11/h1-2,10-13,21H,3-9H2,(H,22,24)(H,25,26);4,7-12H,1-3,5-6H2;2-7,12-14,18H,8-10H2,1H3;2-6,9,12-13,17H,7-8,10H2,1H3;1-6,10-12,18H,7-9H2. The largest absolute Gasteiger partial charge is 0.490 e. The fourth-order valence-electron chi connectivity index (χ4n) is 18.9. The van der Waals surface area contributed by atoms with Crippen LogP contribution in [0.2, 0.25) is 5.02 Å². The van der Waals surface area contributed by atoms with Gasteiger partial charge in [-0.3, -0.25) is 4.79 Å². The van der Waals surface area contributed by atoms with Gasteiger partial charge in [-0.05, 0) is 271 Å². The Morgan fingerprint density at radius 2 is 1.04 bits per heavy atom. The molecule has 13 heteroatoms. The lowest BCUT2D eigenvalue weighted by Crippen LogP contribution is -2.57. The van der Waals surface area contributed by atoms with Crippen molar-refractivity contribution in [3.05, 3.63) is 225 Å². The Kier molecular flexibility index (Phi) is 20.1. The Balaban J connectivity index is 0.000000103. The smallest absolute Gasteiger partial charge is 0.416 e. The minimum absolute atomic E-state index is 0.00280. The number of rotatable bonds is 8. The lowest BCUT2D eigenvalue weighted by Gasteiger charge is -2.47. The molecule has 100 heavy (non-hydrogen) atoms. The first-order chi connectivity index (χ1) is 48.6. The zero-order valence-electron chi connectivity index (χ0n) is 57.6. The minimum Gasteiger partial charge on any atom is -0.490 e. The van der Waals surface area contributed by atoms with Crippen LogP contribution in [-0.4, -0.2) is 71.9 Å². The molecule has 7 heterocycles. The third-order valence-corrected chi connectivity index (χ3v) is 24.4. The van der Waals surface area contributed by atoms with Crippen LogP contribution >= 0.6 is 11.6 Å². The number of alkyl halides is 3. The summed E-state index contributed by atoms with van der Waals surface area (Å²) in [6.45, 7) is 6.93. The number of ether oxygens (including phenoxy) is 1. The van der Waals surface area contributed by atoms with Crippen LogP contribution in [0.5, 0.6) is 5.75 Å². The van der Waals surface area contributed by atoms with Crippen LogP contribution in [0.25, 0.3) is 53.9 Å². The molecule has 6 saturated heterocycles. The van der Waals surface area contributed by atoms with E-state index in [0.29, 0.717) is 30.2 Å². The Labute approximate surface area is 590 Å². The van der Waals surface area contributed by atoms with Crippen LogP contribution < -0.4 is 26.0 Å². The quantitative estimate of drug-likeness (QED) is 0.102. The number of carbonyl (C=O) groups excluding carboxylic acids is 1. The summed E-state index contributed by atoms with van der Waals surface area (Å²) in [5.74, 6) is 4.60. The molecule has 6 aliphatic carbocycles. The van der Waals surface area contributed by atoms with Crippen molar-refractivity contribution in [2.24, 2.45) is 11.8 Å². The van der Waals surface area contributed by atoms with Gasteiger partial charge in [0.2, 0.25) is 5.91 Å². The average Bonchev–Trinajstić information content (AvgIpc) is 1.42. The number of pyridine rings is 1. The normalized spacial score (nSPS) is 25.2. The second-order valence-corrected chi connectivity index (χ2v) is 30.7. The minimum atomic E-state index is -4.27. The van der Waals surface area contributed by atoms with Gasteiger partial charge in [0.15, 0.2) is 0 Å². The van der Waals surface area contributed by atoms with E-state index < -0.39 is 17.7 Å². The summed E-state index contributed by atoms with van der Waals surface area (Å²) in [6.07, 6.45) is 19.0. The summed E-state index contributed by atoms with van der Waals surface area (Å²) >= 11 is 6.29. The molecule has 5 N–H and O–H groups in total. The maximum Gasteiger partial charge on any atom is 0.416 e. The van der Waals surface area contributed by atoms with Crippen molar-refractivity contribution in [1.82, 2.24) is 26.3 Å². The van der Waals surface area contributed by atoms with Crippen molar-refractivity contribution in [2.75, 3.05) is 19.6 Å². The van der Waals surface area contributed by atoms with E-state index in [1.165, 1.54) is 144 Å². The lowest BCUT2D eigenvalue weighted by atomic mass is 9.67. The number of aryl methyl sites for hydroxylation is 2. The topological polar surface area (TPSA) is 125 Å². The van der Waals surface area contributed by atoms with Crippen molar-refractivity contribution in [1.29, 1.82) is 0 Å². The highest BCUT2D eigenvalue weighted by molar-refractivity contribution is 6.35. The van der Waals surface area contributed by atoms with Crippen molar-refractivity contribution in [3.63, 3.8) is 0 Å². The number of carbonyl (C=O) groups is 2. The zero-order valence-corrected chi connectivity index (χ0v) is 58.3. The highest BCUT2D eigenvalue weighted by Crippen LogP contribution is 2.60. The van der Waals surface area contributed by atoms with E-state index >= 15 is 0 Å². The first-order valence-electron chi connectivity index (χ1n) is 37.2. The van der Waals surface area contributed by atoms with Crippen LogP contribution in [0.15, 0.2) is 170 Å². The molecule has 9 aromatic carbocycles. The van der Waals surface area contributed by atoms with Gasteiger partial charge in [0.25, 0.3) is 0 Å². The molecule has 1 aromatic heterocycles. The number of aromatic nitrogens is 1. The monoisotopic (exact) mass is 1360 g/mol. The van der Waals surface area contributed by atoms with Crippen LogP contribution in [0, 0.1) is 25.7 Å². The number of fused-ring (bicyclic) bond motifs is 10. The second kappa shape index (κ2) is 29.6. The molecule has 7 unspecified atom stereocenters. The molecule has 6 saturated carbocycles. The Hall–Kier alpha value is -7.87. The summed E-state index contributed by atoms with van der Waals surface area (Å²) in [5, 5.41) is 35.4. The number of piperidine rings is 4. The summed E-state index contributed by atoms with van der Waals surface area (Å²) in [4.78, 5) is 27.4.